The standard InChI is InChI=1S/C9H10ClN5O4S/c10-8-3-2-7(6-9(8)15(16)17)20(18,19)13-5-1-4-12-14-11/h2-3,6,13H,1,4-5H2. The van der Waals surface area contributed by atoms with E-state index in [9.17, 15) is 18.5 Å². The third kappa shape index (κ3) is 4.35. The molecule has 20 heavy (non-hydrogen) atoms. The Balaban J connectivity index is 2.85. The van der Waals surface area contributed by atoms with Gasteiger partial charge in [-0.05, 0) is 24.1 Å². The average Bonchev–Trinajstić information content (AvgIpc) is 2.38. The summed E-state index contributed by atoms with van der Waals surface area (Å²) in [5.41, 5.74) is 7.57. The van der Waals surface area contributed by atoms with Crippen LogP contribution in [0.1, 0.15) is 6.42 Å². The van der Waals surface area contributed by atoms with Gasteiger partial charge in [0.1, 0.15) is 5.02 Å². The molecule has 11 heteroatoms. The van der Waals surface area contributed by atoms with Crippen molar-refractivity contribution in [1.82, 2.24) is 4.72 Å². The molecule has 0 saturated heterocycles. The summed E-state index contributed by atoms with van der Waals surface area (Å²) in [6, 6.07) is 3.21. The normalized spacial score (nSPS) is 10.8. The van der Waals surface area contributed by atoms with Crippen LogP contribution in [-0.2, 0) is 10.0 Å². The van der Waals surface area contributed by atoms with Gasteiger partial charge in [0.05, 0.1) is 9.82 Å². The monoisotopic (exact) mass is 319 g/mol. The zero-order valence-electron chi connectivity index (χ0n) is 10.1. The summed E-state index contributed by atoms with van der Waals surface area (Å²) in [4.78, 5) is 12.2. The summed E-state index contributed by atoms with van der Waals surface area (Å²) in [6.07, 6.45) is 0.318. The summed E-state index contributed by atoms with van der Waals surface area (Å²) in [5.74, 6) is 0. The fourth-order valence-electron chi connectivity index (χ4n) is 1.28. The molecule has 0 fully saturated rings. The van der Waals surface area contributed by atoms with Crippen molar-refractivity contribution >= 4 is 27.3 Å². The Kier molecular flexibility index (Phi) is 5.71. The summed E-state index contributed by atoms with van der Waals surface area (Å²) in [7, 11) is -3.87. The zero-order chi connectivity index (χ0) is 15.2. The Labute approximate surface area is 119 Å². The highest BCUT2D eigenvalue weighted by molar-refractivity contribution is 7.89. The second kappa shape index (κ2) is 7.06. The fourth-order valence-corrected chi connectivity index (χ4v) is 2.56. The number of hydrogen-bond acceptors (Lipinski definition) is 5. The van der Waals surface area contributed by atoms with Gasteiger partial charge in [-0.1, -0.05) is 16.7 Å². The maximum absolute atomic E-state index is 11.9. The van der Waals surface area contributed by atoms with Crippen LogP contribution in [0.2, 0.25) is 5.02 Å². The number of nitro benzene ring substituents is 1. The predicted molar refractivity (Wildman–Crippen MR) is 71.9 cm³/mol. The van der Waals surface area contributed by atoms with Crippen LogP contribution >= 0.6 is 11.6 Å². The number of halogens is 1. The Morgan fingerprint density at radius 1 is 1.50 bits per heavy atom. The molecule has 0 heterocycles. The van der Waals surface area contributed by atoms with E-state index in [1.807, 2.05) is 0 Å². The van der Waals surface area contributed by atoms with Crippen molar-refractivity contribution in [2.75, 3.05) is 13.1 Å². The van der Waals surface area contributed by atoms with Gasteiger partial charge >= 0.3 is 0 Å². The van der Waals surface area contributed by atoms with Gasteiger partial charge in [-0.3, -0.25) is 10.1 Å². The highest BCUT2D eigenvalue weighted by Gasteiger charge is 2.20. The molecule has 9 nitrogen and oxygen atoms in total. The van der Waals surface area contributed by atoms with Gasteiger partial charge in [0, 0.05) is 24.1 Å². The van der Waals surface area contributed by atoms with E-state index in [4.69, 9.17) is 17.1 Å². The predicted octanol–water partition coefficient (Wildman–Crippen LogP) is 2.23. The number of sulfonamides is 1. The number of nitrogens with zero attached hydrogens (tertiary/aromatic N) is 4. The van der Waals surface area contributed by atoms with Crippen LogP contribution in [0.3, 0.4) is 0 Å². The van der Waals surface area contributed by atoms with Crippen molar-refractivity contribution in [3.63, 3.8) is 0 Å². The lowest BCUT2D eigenvalue weighted by Crippen LogP contribution is -2.25. The highest BCUT2D eigenvalue weighted by Crippen LogP contribution is 2.26. The molecule has 0 atom stereocenters. The molecular weight excluding hydrogens is 310 g/mol. The van der Waals surface area contributed by atoms with E-state index in [1.165, 1.54) is 6.07 Å². The van der Waals surface area contributed by atoms with Crippen molar-refractivity contribution in [1.29, 1.82) is 0 Å². The van der Waals surface area contributed by atoms with Crippen LogP contribution in [0.25, 0.3) is 10.4 Å². The highest BCUT2D eigenvalue weighted by atomic mass is 35.5. The molecule has 0 aromatic heterocycles. The molecule has 1 N–H and O–H groups in total. The molecule has 0 aliphatic carbocycles. The number of hydrogen-bond donors (Lipinski definition) is 1. The number of nitro groups is 1. The van der Waals surface area contributed by atoms with Crippen molar-refractivity contribution in [2.24, 2.45) is 5.11 Å². The molecule has 0 aliphatic rings. The first kappa shape index (κ1) is 16.2. The van der Waals surface area contributed by atoms with Crippen molar-refractivity contribution in [2.45, 2.75) is 11.3 Å². The number of azide groups is 1. The topological polar surface area (TPSA) is 138 Å². The number of benzene rings is 1. The summed E-state index contributed by atoms with van der Waals surface area (Å²) in [6.45, 7) is 0.206. The molecule has 0 unspecified atom stereocenters. The summed E-state index contributed by atoms with van der Waals surface area (Å²) >= 11 is 5.60. The van der Waals surface area contributed by atoms with E-state index in [2.05, 4.69) is 14.7 Å². The molecule has 1 rings (SSSR count). The molecule has 108 valence electrons. The Bertz CT molecular complexity index is 656. The SMILES string of the molecule is [N-]=[N+]=NCCCNS(=O)(=O)c1ccc(Cl)c([N+](=O)[O-])c1. The summed E-state index contributed by atoms with van der Waals surface area (Å²) < 4.78 is 26.0. The van der Waals surface area contributed by atoms with Gasteiger partial charge in [0.2, 0.25) is 10.0 Å². The van der Waals surface area contributed by atoms with Crippen LogP contribution in [0.5, 0.6) is 0 Å². The molecule has 0 spiro atoms. The Hall–Kier alpha value is -1.87. The molecule has 0 amide bonds. The van der Waals surface area contributed by atoms with E-state index < -0.39 is 20.6 Å². The third-order valence-electron chi connectivity index (χ3n) is 2.21. The fraction of sp³-hybridized carbons (Fsp3) is 0.333. The second-order valence-corrected chi connectivity index (χ2v) is 5.75. The minimum absolute atomic E-state index is 0.0534. The van der Waals surface area contributed by atoms with Crippen LogP contribution < -0.4 is 4.72 Å². The van der Waals surface area contributed by atoms with Crippen molar-refractivity contribution in [3.8, 4) is 0 Å². The number of nitrogens with one attached hydrogen (secondary N) is 1. The first-order chi connectivity index (χ1) is 9.38. The Morgan fingerprint density at radius 3 is 2.80 bits per heavy atom. The van der Waals surface area contributed by atoms with Gasteiger partial charge in [-0.25, -0.2) is 13.1 Å². The van der Waals surface area contributed by atoms with E-state index in [1.54, 1.807) is 0 Å². The summed E-state index contributed by atoms with van der Waals surface area (Å²) in [5, 5.41) is 13.8. The molecule has 0 bridgehead atoms. The maximum Gasteiger partial charge on any atom is 0.289 e. The zero-order valence-corrected chi connectivity index (χ0v) is 11.6. The lowest BCUT2D eigenvalue weighted by molar-refractivity contribution is -0.384. The smallest absolute Gasteiger partial charge is 0.258 e. The molecule has 0 saturated carbocycles. The van der Waals surface area contributed by atoms with Crippen LogP contribution in [0, 0.1) is 10.1 Å². The van der Waals surface area contributed by atoms with Gasteiger partial charge in [-0.2, -0.15) is 0 Å². The third-order valence-corrected chi connectivity index (χ3v) is 3.99. The van der Waals surface area contributed by atoms with Gasteiger partial charge in [0.25, 0.3) is 5.69 Å². The first-order valence-electron chi connectivity index (χ1n) is 5.33. The van der Waals surface area contributed by atoms with E-state index >= 15 is 0 Å². The molecular formula is C9H10ClN5O4S. The molecule has 0 radical (unpaired) electrons. The van der Waals surface area contributed by atoms with Crippen molar-refractivity contribution in [3.05, 3.63) is 43.8 Å². The Morgan fingerprint density at radius 2 is 2.20 bits per heavy atom. The first-order valence-corrected chi connectivity index (χ1v) is 7.19. The van der Waals surface area contributed by atoms with Gasteiger partial charge < -0.3 is 0 Å². The van der Waals surface area contributed by atoms with E-state index in [0.717, 1.165) is 12.1 Å². The molecule has 1 aromatic carbocycles. The number of rotatable bonds is 7. The largest absolute Gasteiger partial charge is 0.289 e. The van der Waals surface area contributed by atoms with Gasteiger partial charge in [-0.15, -0.1) is 0 Å². The minimum atomic E-state index is -3.87. The van der Waals surface area contributed by atoms with Crippen LogP contribution in [-0.4, -0.2) is 26.4 Å². The van der Waals surface area contributed by atoms with E-state index in [0.29, 0.717) is 6.42 Å². The van der Waals surface area contributed by atoms with Gasteiger partial charge in [0.15, 0.2) is 0 Å². The molecule has 0 aliphatic heterocycles. The average molecular weight is 320 g/mol. The lowest BCUT2D eigenvalue weighted by Gasteiger charge is -2.06. The lowest BCUT2D eigenvalue weighted by atomic mass is 10.3. The minimum Gasteiger partial charge on any atom is -0.258 e. The van der Waals surface area contributed by atoms with E-state index in [-0.39, 0.29) is 23.0 Å². The van der Waals surface area contributed by atoms with Crippen LogP contribution in [0.15, 0.2) is 28.2 Å². The maximum atomic E-state index is 11.9. The van der Waals surface area contributed by atoms with Crippen molar-refractivity contribution < 1.29 is 13.3 Å². The molecule has 1 aromatic rings. The second-order valence-electron chi connectivity index (χ2n) is 3.58. The van der Waals surface area contributed by atoms with Crippen LogP contribution in [0.4, 0.5) is 5.69 Å². The quantitative estimate of drug-likeness (QED) is 0.205.